The number of nitrogens with zero attached hydrogens (tertiary/aromatic N) is 3. The minimum atomic E-state index is -0.783. The van der Waals surface area contributed by atoms with Crippen LogP contribution >= 0.6 is 11.3 Å². The molecule has 0 radical (unpaired) electrons. The summed E-state index contributed by atoms with van der Waals surface area (Å²) < 4.78 is 20.9. The third kappa shape index (κ3) is 4.19. The average molecular weight is 450 g/mol. The highest BCUT2D eigenvalue weighted by Gasteiger charge is 2.16. The Balaban J connectivity index is 1.40. The van der Waals surface area contributed by atoms with Crippen LogP contribution in [0, 0.1) is 15.9 Å². The van der Waals surface area contributed by atoms with Crippen LogP contribution in [0.3, 0.4) is 0 Å². The zero-order chi connectivity index (χ0) is 22.1. The van der Waals surface area contributed by atoms with Crippen LogP contribution in [-0.4, -0.2) is 27.9 Å². The molecule has 0 unspecified atom stereocenters. The molecule has 1 aliphatic rings. The lowest BCUT2D eigenvalue weighted by atomic mass is 10.1. The van der Waals surface area contributed by atoms with Gasteiger partial charge in [-0.15, -0.1) is 11.3 Å². The summed E-state index contributed by atoms with van der Waals surface area (Å²) in [6.07, 6.45) is 4.17. The quantitative estimate of drug-likeness (QED) is 0.252. The van der Waals surface area contributed by atoms with E-state index in [0.29, 0.717) is 5.75 Å². The molecular formula is C24H20FN3O3S. The number of benzene rings is 2. The van der Waals surface area contributed by atoms with Crippen LogP contribution in [0.5, 0.6) is 11.5 Å². The van der Waals surface area contributed by atoms with Crippen molar-refractivity contribution >= 4 is 27.2 Å². The number of hydrogen-bond donors (Lipinski definition) is 0. The third-order valence-corrected chi connectivity index (χ3v) is 6.75. The SMILES string of the molecule is O=[N+]([O-])c1ccc(Oc2ccnc3cc(-c4ccc(CN5CCCC5)cc4)sc23)c(F)c1. The molecule has 0 spiro atoms. The van der Waals surface area contributed by atoms with Crippen molar-refractivity contribution in [3.05, 3.63) is 82.3 Å². The zero-order valence-corrected chi connectivity index (χ0v) is 18.0. The van der Waals surface area contributed by atoms with Gasteiger partial charge >= 0.3 is 0 Å². The summed E-state index contributed by atoms with van der Waals surface area (Å²) >= 11 is 1.52. The minimum absolute atomic E-state index is 0.0654. The van der Waals surface area contributed by atoms with Crippen LogP contribution in [0.25, 0.3) is 20.7 Å². The summed E-state index contributed by atoms with van der Waals surface area (Å²) in [5.74, 6) is -0.386. The normalized spacial score (nSPS) is 14.2. The monoisotopic (exact) mass is 449 g/mol. The Labute approximate surface area is 188 Å². The van der Waals surface area contributed by atoms with Crippen LogP contribution in [0.15, 0.2) is 60.8 Å². The first-order valence-electron chi connectivity index (χ1n) is 10.4. The molecule has 0 aliphatic carbocycles. The molecule has 1 saturated heterocycles. The number of thiophene rings is 1. The summed E-state index contributed by atoms with van der Waals surface area (Å²) in [7, 11) is 0. The van der Waals surface area contributed by atoms with Gasteiger partial charge in [0.05, 0.1) is 21.2 Å². The van der Waals surface area contributed by atoms with E-state index in [-0.39, 0.29) is 11.4 Å². The molecule has 5 rings (SSSR count). The van der Waals surface area contributed by atoms with Crippen molar-refractivity contribution < 1.29 is 14.1 Å². The molecule has 8 heteroatoms. The van der Waals surface area contributed by atoms with Crippen molar-refractivity contribution in [1.29, 1.82) is 0 Å². The van der Waals surface area contributed by atoms with E-state index in [0.717, 1.165) is 33.3 Å². The lowest BCUT2D eigenvalue weighted by molar-refractivity contribution is -0.385. The summed E-state index contributed by atoms with van der Waals surface area (Å²) in [5, 5.41) is 10.8. The van der Waals surface area contributed by atoms with Gasteiger partial charge in [-0.05, 0) is 49.2 Å². The molecule has 0 amide bonds. The molecule has 3 heterocycles. The first kappa shape index (κ1) is 20.5. The van der Waals surface area contributed by atoms with Gasteiger partial charge in [0.25, 0.3) is 5.69 Å². The molecule has 1 fully saturated rings. The Kier molecular flexibility index (Phi) is 5.55. The second-order valence-electron chi connectivity index (χ2n) is 7.79. The number of hydrogen-bond acceptors (Lipinski definition) is 6. The predicted octanol–water partition coefficient (Wildman–Crippen LogP) is 6.40. The van der Waals surface area contributed by atoms with Gasteiger partial charge in [-0.3, -0.25) is 20.0 Å². The minimum Gasteiger partial charge on any atom is -0.453 e. The Bertz CT molecular complexity index is 1280. The van der Waals surface area contributed by atoms with Crippen LogP contribution in [-0.2, 0) is 6.54 Å². The number of fused-ring (bicyclic) bond motifs is 1. The van der Waals surface area contributed by atoms with Crippen LogP contribution < -0.4 is 4.74 Å². The largest absolute Gasteiger partial charge is 0.453 e. The van der Waals surface area contributed by atoms with Gasteiger partial charge in [-0.2, -0.15) is 0 Å². The van der Waals surface area contributed by atoms with Crippen molar-refractivity contribution in [2.45, 2.75) is 19.4 Å². The fraction of sp³-hybridized carbons (Fsp3) is 0.208. The van der Waals surface area contributed by atoms with E-state index in [1.807, 2.05) is 6.07 Å². The Morgan fingerprint density at radius 1 is 1.06 bits per heavy atom. The maximum Gasteiger partial charge on any atom is 0.272 e. The van der Waals surface area contributed by atoms with E-state index in [2.05, 4.69) is 34.1 Å². The Hall–Kier alpha value is -3.36. The number of ether oxygens (including phenoxy) is 1. The van der Waals surface area contributed by atoms with Crippen molar-refractivity contribution in [2.24, 2.45) is 0 Å². The van der Waals surface area contributed by atoms with Crippen molar-refractivity contribution in [3.8, 4) is 21.9 Å². The number of halogens is 1. The van der Waals surface area contributed by atoms with E-state index in [1.54, 1.807) is 12.3 Å². The first-order chi connectivity index (χ1) is 15.6. The van der Waals surface area contributed by atoms with Crippen molar-refractivity contribution in [1.82, 2.24) is 9.88 Å². The van der Waals surface area contributed by atoms with E-state index in [4.69, 9.17) is 4.74 Å². The fourth-order valence-electron chi connectivity index (χ4n) is 3.92. The fourth-order valence-corrected chi connectivity index (χ4v) is 4.99. The first-order valence-corrected chi connectivity index (χ1v) is 11.2. The highest BCUT2D eigenvalue weighted by atomic mass is 32.1. The summed E-state index contributed by atoms with van der Waals surface area (Å²) in [5.41, 5.74) is 2.82. The molecule has 0 atom stereocenters. The Morgan fingerprint density at radius 3 is 2.56 bits per heavy atom. The maximum absolute atomic E-state index is 14.3. The number of pyridine rings is 1. The molecule has 2 aromatic carbocycles. The lowest BCUT2D eigenvalue weighted by Gasteiger charge is -2.14. The van der Waals surface area contributed by atoms with Crippen molar-refractivity contribution in [2.75, 3.05) is 13.1 Å². The molecule has 162 valence electrons. The topological polar surface area (TPSA) is 68.5 Å². The van der Waals surface area contributed by atoms with Gasteiger partial charge in [0.15, 0.2) is 11.6 Å². The molecule has 6 nitrogen and oxygen atoms in total. The second-order valence-corrected chi connectivity index (χ2v) is 8.84. The zero-order valence-electron chi connectivity index (χ0n) is 17.2. The number of nitro groups is 1. The average Bonchev–Trinajstić information content (AvgIpc) is 3.46. The maximum atomic E-state index is 14.3. The van der Waals surface area contributed by atoms with Gasteiger partial charge in [0.1, 0.15) is 5.75 Å². The summed E-state index contributed by atoms with van der Waals surface area (Å²) in [6.45, 7) is 3.32. The van der Waals surface area contributed by atoms with Crippen LogP contribution in [0.4, 0.5) is 10.1 Å². The number of rotatable bonds is 6. The lowest BCUT2D eigenvalue weighted by Crippen LogP contribution is -2.18. The number of likely N-dealkylation sites (tertiary alicyclic amines) is 1. The molecule has 0 bridgehead atoms. The summed E-state index contributed by atoms with van der Waals surface area (Å²) in [6, 6.07) is 15.6. The summed E-state index contributed by atoms with van der Waals surface area (Å²) in [4.78, 5) is 18.1. The molecule has 4 aromatic rings. The van der Waals surface area contributed by atoms with Crippen LogP contribution in [0.1, 0.15) is 18.4 Å². The highest BCUT2D eigenvalue weighted by Crippen LogP contribution is 2.40. The van der Waals surface area contributed by atoms with E-state index >= 15 is 0 Å². The molecule has 0 saturated carbocycles. The predicted molar refractivity (Wildman–Crippen MR) is 123 cm³/mol. The standard InChI is InChI=1S/C24H20FN3O3S/c25-19-13-18(28(29)30)7-8-21(19)31-22-9-10-26-20-14-23(32-24(20)22)17-5-3-16(4-6-17)15-27-11-1-2-12-27/h3-10,13-14H,1-2,11-12,15H2. The van der Waals surface area contributed by atoms with Gasteiger partial charge in [0, 0.05) is 29.8 Å². The van der Waals surface area contributed by atoms with Gasteiger partial charge in [-0.25, -0.2) is 4.39 Å². The molecular weight excluding hydrogens is 429 g/mol. The number of aromatic nitrogens is 1. The second kappa shape index (κ2) is 8.64. The highest BCUT2D eigenvalue weighted by molar-refractivity contribution is 7.22. The smallest absolute Gasteiger partial charge is 0.272 e. The van der Waals surface area contributed by atoms with Gasteiger partial charge in [-0.1, -0.05) is 24.3 Å². The molecule has 32 heavy (non-hydrogen) atoms. The van der Waals surface area contributed by atoms with Gasteiger partial charge < -0.3 is 4.74 Å². The Morgan fingerprint density at radius 2 is 1.84 bits per heavy atom. The van der Waals surface area contributed by atoms with Crippen molar-refractivity contribution in [3.63, 3.8) is 0 Å². The van der Waals surface area contributed by atoms with Crippen LogP contribution in [0.2, 0.25) is 0 Å². The third-order valence-electron chi connectivity index (χ3n) is 5.57. The number of non-ortho nitro benzene ring substituents is 1. The van der Waals surface area contributed by atoms with E-state index in [9.17, 15) is 14.5 Å². The molecule has 2 aromatic heterocycles. The number of nitro benzene ring substituents is 1. The van der Waals surface area contributed by atoms with E-state index in [1.165, 1.54) is 55.0 Å². The van der Waals surface area contributed by atoms with Gasteiger partial charge in [0.2, 0.25) is 0 Å². The molecule has 0 N–H and O–H groups in total. The molecule has 1 aliphatic heterocycles. The van der Waals surface area contributed by atoms with E-state index < -0.39 is 10.7 Å².